The van der Waals surface area contributed by atoms with Crippen LogP contribution in [0.4, 0.5) is 0 Å². The first-order chi connectivity index (χ1) is 8.66. The van der Waals surface area contributed by atoms with E-state index in [4.69, 9.17) is 0 Å². The van der Waals surface area contributed by atoms with Crippen molar-refractivity contribution in [1.82, 2.24) is 10.2 Å². The summed E-state index contributed by atoms with van der Waals surface area (Å²) in [6, 6.07) is 6.11. The van der Waals surface area contributed by atoms with Gasteiger partial charge in [-0.2, -0.15) is 0 Å². The lowest BCUT2D eigenvalue weighted by molar-refractivity contribution is 0.411. The van der Waals surface area contributed by atoms with Crippen LogP contribution in [0.3, 0.4) is 0 Å². The summed E-state index contributed by atoms with van der Waals surface area (Å²) < 4.78 is 0. The lowest BCUT2D eigenvalue weighted by atomic mass is 9.88. The number of piperidine rings is 1. The SMILES string of the molecule is CN(C)CCc1ccc(O)c(C2CCNCC2)c1. The maximum atomic E-state index is 10.0. The van der Waals surface area contributed by atoms with Crippen LogP contribution in [0.5, 0.6) is 5.75 Å². The van der Waals surface area contributed by atoms with Crippen LogP contribution >= 0.6 is 0 Å². The molecule has 0 radical (unpaired) electrons. The van der Waals surface area contributed by atoms with Gasteiger partial charge < -0.3 is 15.3 Å². The minimum Gasteiger partial charge on any atom is -0.508 e. The van der Waals surface area contributed by atoms with Crippen molar-refractivity contribution in [2.45, 2.75) is 25.2 Å². The maximum absolute atomic E-state index is 10.0. The van der Waals surface area contributed by atoms with Gasteiger partial charge in [0.15, 0.2) is 0 Å². The minimum absolute atomic E-state index is 0.468. The molecule has 0 bridgehead atoms. The van der Waals surface area contributed by atoms with Gasteiger partial charge in [-0.15, -0.1) is 0 Å². The lowest BCUT2D eigenvalue weighted by Gasteiger charge is -2.24. The van der Waals surface area contributed by atoms with Crippen molar-refractivity contribution in [2.24, 2.45) is 0 Å². The first-order valence-electron chi connectivity index (χ1n) is 6.84. The van der Waals surface area contributed by atoms with Gasteiger partial charge in [0.25, 0.3) is 0 Å². The smallest absolute Gasteiger partial charge is 0.119 e. The van der Waals surface area contributed by atoms with E-state index in [1.807, 2.05) is 12.1 Å². The van der Waals surface area contributed by atoms with Gasteiger partial charge in [0.1, 0.15) is 5.75 Å². The van der Waals surface area contributed by atoms with Crippen LogP contribution in [0.15, 0.2) is 18.2 Å². The average Bonchev–Trinajstić information content (AvgIpc) is 2.38. The van der Waals surface area contributed by atoms with Gasteiger partial charge >= 0.3 is 0 Å². The molecule has 0 aliphatic carbocycles. The molecular weight excluding hydrogens is 224 g/mol. The summed E-state index contributed by atoms with van der Waals surface area (Å²) in [6.45, 7) is 3.18. The van der Waals surface area contributed by atoms with E-state index in [2.05, 4.69) is 30.4 Å². The van der Waals surface area contributed by atoms with E-state index >= 15 is 0 Å². The number of hydrogen-bond donors (Lipinski definition) is 2. The lowest BCUT2D eigenvalue weighted by Crippen LogP contribution is -2.26. The van der Waals surface area contributed by atoms with Gasteiger partial charge in [-0.1, -0.05) is 12.1 Å². The molecule has 0 spiro atoms. The number of nitrogens with one attached hydrogen (secondary N) is 1. The number of likely N-dealkylation sites (N-methyl/N-ethyl adjacent to an activating group) is 1. The molecule has 0 amide bonds. The zero-order valence-electron chi connectivity index (χ0n) is 11.4. The molecule has 1 heterocycles. The van der Waals surface area contributed by atoms with Crippen LogP contribution in [-0.2, 0) is 6.42 Å². The van der Waals surface area contributed by atoms with Crippen LogP contribution in [0.25, 0.3) is 0 Å². The molecule has 1 aliphatic heterocycles. The number of phenols is 1. The Balaban J connectivity index is 2.10. The third-order valence-corrected chi connectivity index (χ3v) is 3.72. The fourth-order valence-corrected chi connectivity index (χ4v) is 2.57. The Morgan fingerprint density at radius 3 is 2.67 bits per heavy atom. The molecule has 3 heteroatoms. The first kappa shape index (κ1) is 13.4. The van der Waals surface area contributed by atoms with Crippen molar-refractivity contribution >= 4 is 0 Å². The third-order valence-electron chi connectivity index (χ3n) is 3.72. The van der Waals surface area contributed by atoms with Crippen molar-refractivity contribution in [3.05, 3.63) is 29.3 Å². The van der Waals surface area contributed by atoms with E-state index in [9.17, 15) is 5.11 Å². The molecule has 0 saturated carbocycles. The molecule has 1 fully saturated rings. The number of rotatable bonds is 4. The average molecular weight is 248 g/mol. The van der Waals surface area contributed by atoms with Crippen molar-refractivity contribution in [1.29, 1.82) is 0 Å². The van der Waals surface area contributed by atoms with Crippen LogP contribution < -0.4 is 5.32 Å². The van der Waals surface area contributed by atoms with E-state index in [1.165, 1.54) is 5.56 Å². The molecule has 0 aromatic heterocycles. The summed E-state index contributed by atoms with van der Waals surface area (Å²) in [5.41, 5.74) is 2.47. The second-order valence-corrected chi connectivity index (χ2v) is 5.47. The normalized spacial score (nSPS) is 17.3. The van der Waals surface area contributed by atoms with E-state index in [0.717, 1.165) is 44.5 Å². The fraction of sp³-hybridized carbons (Fsp3) is 0.600. The van der Waals surface area contributed by atoms with E-state index < -0.39 is 0 Å². The molecular formula is C15H24N2O. The highest BCUT2D eigenvalue weighted by atomic mass is 16.3. The molecule has 100 valence electrons. The molecule has 3 nitrogen and oxygen atoms in total. The summed E-state index contributed by atoms with van der Waals surface area (Å²) in [4.78, 5) is 2.19. The fourth-order valence-electron chi connectivity index (χ4n) is 2.57. The summed E-state index contributed by atoms with van der Waals surface area (Å²) in [5, 5.41) is 13.4. The Kier molecular flexibility index (Phi) is 4.61. The molecule has 1 aliphatic rings. The van der Waals surface area contributed by atoms with Gasteiger partial charge in [0, 0.05) is 6.54 Å². The van der Waals surface area contributed by atoms with Crippen LogP contribution in [0, 0.1) is 0 Å². The molecule has 0 atom stereocenters. The van der Waals surface area contributed by atoms with Crippen molar-refractivity contribution in [3.63, 3.8) is 0 Å². The topological polar surface area (TPSA) is 35.5 Å². The monoisotopic (exact) mass is 248 g/mol. The summed E-state index contributed by atoms with van der Waals surface area (Å²) in [7, 11) is 4.18. The number of phenolic OH excluding ortho intramolecular Hbond substituents is 1. The highest BCUT2D eigenvalue weighted by Gasteiger charge is 2.18. The molecule has 1 saturated heterocycles. The van der Waals surface area contributed by atoms with Crippen molar-refractivity contribution in [2.75, 3.05) is 33.7 Å². The van der Waals surface area contributed by atoms with Gasteiger partial charge in [-0.3, -0.25) is 0 Å². The quantitative estimate of drug-likeness (QED) is 0.855. The predicted molar refractivity (Wildman–Crippen MR) is 75.2 cm³/mol. The van der Waals surface area contributed by atoms with E-state index in [-0.39, 0.29) is 0 Å². The summed E-state index contributed by atoms with van der Waals surface area (Å²) >= 11 is 0. The van der Waals surface area contributed by atoms with Gasteiger partial charge in [-0.05, 0) is 69.6 Å². The van der Waals surface area contributed by atoms with Crippen LogP contribution in [0.2, 0.25) is 0 Å². The van der Waals surface area contributed by atoms with E-state index in [1.54, 1.807) is 0 Å². The molecule has 18 heavy (non-hydrogen) atoms. The molecule has 0 unspecified atom stereocenters. The Morgan fingerprint density at radius 1 is 1.28 bits per heavy atom. The van der Waals surface area contributed by atoms with Crippen LogP contribution in [0.1, 0.15) is 29.9 Å². The third kappa shape index (κ3) is 3.47. The molecule has 1 aromatic carbocycles. The number of nitrogens with zero attached hydrogens (tertiary/aromatic N) is 1. The largest absolute Gasteiger partial charge is 0.508 e. The second kappa shape index (κ2) is 6.21. The molecule has 2 rings (SSSR count). The minimum atomic E-state index is 0.468. The summed E-state index contributed by atoms with van der Waals surface area (Å²) in [6.07, 6.45) is 3.31. The summed E-state index contributed by atoms with van der Waals surface area (Å²) in [5.74, 6) is 0.987. The highest BCUT2D eigenvalue weighted by molar-refractivity contribution is 5.39. The van der Waals surface area contributed by atoms with Gasteiger partial charge in [0.2, 0.25) is 0 Å². The van der Waals surface area contributed by atoms with Gasteiger partial charge in [-0.25, -0.2) is 0 Å². The van der Waals surface area contributed by atoms with Crippen molar-refractivity contribution in [3.8, 4) is 5.75 Å². The highest BCUT2D eigenvalue weighted by Crippen LogP contribution is 2.32. The standard InChI is InChI=1S/C15H24N2O/c1-17(2)10-7-12-3-4-15(18)14(11-12)13-5-8-16-9-6-13/h3-4,11,13,16,18H,5-10H2,1-2H3. The second-order valence-electron chi connectivity index (χ2n) is 5.47. The maximum Gasteiger partial charge on any atom is 0.119 e. The Bertz CT molecular complexity index is 384. The Hall–Kier alpha value is -1.06. The Labute approximate surface area is 110 Å². The van der Waals surface area contributed by atoms with Gasteiger partial charge in [0.05, 0.1) is 0 Å². The predicted octanol–water partition coefficient (Wildman–Crippen LogP) is 1.96. The zero-order valence-corrected chi connectivity index (χ0v) is 11.4. The molecule has 1 aromatic rings. The van der Waals surface area contributed by atoms with E-state index in [0.29, 0.717) is 11.7 Å². The number of aromatic hydroxyl groups is 1. The Morgan fingerprint density at radius 2 is 2.00 bits per heavy atom. The number of benzene rings is 1. The molecule has 2 N–H and O–H groups in total. The van der Waals surface area contributed by atoms with Crippen LogP contribution in [-0.4, -0.2) is 43.7 Å². The van der Waals surface area contributed by atoms with Crippen molar-refractivity contribution < 1.29 is 5.11 Å². The zero-order chi connectivity index (χ0) is 13.0. The first-order valence-corrected chi connectivity index (χ1v) is 6.84. The number of hydrogen-bond acceptors (Lipinski definition) is 3.